The minimum Gasteiger partial charge on any atom is -0.455 e. The zero-order chi connectivity index (χ0) is 12.8. The molecule has 17 heavy (non-hydrogen) atoms. The summed E-state index contributed by atoms with van der Waals surface area (Å²) in [5, 5.41) is 2.89. The van der Waals surface area contributed by atoms with Gasteiger partial charge in [0.1, 0.15) is 5.76 Å². The van der Waals surface area contributed by atoms with Gasteiger partial charge < -0.3 is 20.4 Å². The first-order chi connectivity index (χ1) is 8.02. The van der Waals surface area contributed by atoms with Crippen LogP contribution in [0.3, 0.4) is 0 Å². The summed E-state index contributed by atoms with van der Waals surface area (Å²) < 4.78 is 5.27. The van der Waals surface area contributed by atoms with Gasteiger partial charge in [-0.2, -0.15) is 0 Å². The molecule has 3 N–H and O–H groups in total. The molecule has 1 atom stereocenters. The molecule has 96 valence electrons. The van der Waals surface area contributed by atoms with Gasteiger partial charge in [-0.3, -0.25) is 4.79 Å². The second kappa shape index (κ2) is 6.42. The average Bonchev–Trinajstić information content (AvgIpc) is 2.74. The Kier molecular flexibility index (Phi) is 5.18. The first-order valence-electron chi connectivity index (χ1n) is 5.77. The van der Waals surface area contributed by atoms with E-state index in [1.165, 1.54) is 0 Å². The van der Waals surface area contributed by atoms with Crippen molar-refractivity contribution in [3.63, 3.8) is 0 Å². The van der Waals surface area contributed by atoms with Crippen LogP contribution in [-0.2, 0) is 6.54 Å². The molecule has 1 heterocycles. The zero-order valence-corrected chi connectivity index (χ0v) is 10.7. The van der Waals surface area contributed by atoms with E-state index in [0.29, 0.717) is 18.1 Å². The summed E-state index contributed by atoms with van der Waals surface area (Å²) in [6.45, 7) is 3.23. The molecule has 0 bridgehead atoms. The number of hydrogen-bond donors (Lipinski definition) is 2. The van der Waals surface area contributed by atoms with Crippen molar-refractivity contribution in [1.29, 1.82) is 0 Å². The molecule has 0 aromatic carbocycles. The molecule has 1 aromatic heterocycles. The molecule has 1 amide bonds. The Labute approximate surface area is 102 Å². The minimum absolute atomic E-state index is 0.122. The lowest BCUT2D eigenvalue weighted by Gasteiger charge is -2.15. The van der Waals surface area contributed by atoms with Gasteiger partial charge in [-0.05, 0) is 46.1 Å². The Bertz CT molecular complexity index is 360. The number of hydrogen-bond acceptors (Lipinski definition) is 4. The third-order valence-corrected chi connectivity index (χ3v) is 2.47. The molecular weight excluding hydrogens is 218 g/mol. The summed E-state index contributed by atoms with van der Waals surface area (Å²) >= 11 is 0. The highest BCUT2D eigenvalue weighted by Gasteiger charge is 2.13. The molecule has 1 unspecified atom stereocenters. The van der Waals surface area contributed by atoms with Crippen LogP contribution >= 0.6 is 0 Å². The molecule has 1 aromatic rings. The number of furan rings is 1. The fraction of sp³-hybridized carbons (Fsp3) is 0.583. The van der Waals surface area contributed by atoms with Crippen molar-refractivity contribution in [3.8, 4) is 0 Å². The molecule has 0 fully saturated rings. The third kappa shape index (κ3) is 4.58. The van der Waals surface area contributed by atoms with Crippen LogP contribution < -0.4 is 11.1 Å². The summed E-state index contributed by atoms with van der Waals surface area (Å²) in [5.41, 5.74) is 5.41. The van der Waals surface area contributed by atoms with Crippen LogP contribution in [0.25, 0.3) is 0 Å². The van der Waals surface area contributed by atoms with Crippen molar-refractivity contribution in [1.82, 2.24) is 10.2 Å². The van der Waals surface area contributed by atoms with Gasteiger partial charge in [-0.15, -0.1) is 0 Å². The van der Waals surface area contributed by atoms with Crippen LogP contribution in [-0.4, -0.2) is 37.5 Å². The van der Waals surface area contributed by atoms with Crippen LogP contribution in [0.1, 0.15) is 29.7 Å². The summed E-state index contributed by atoms with van der Waals surface area (Å²) in [4.78, 5) is 13.9. The first kappa shape index (κ1) is 13.7. The molecule has 0 aliphatic rings. The quantitative estimate of drug-likeness (QED) is 0.770. The van der Waals surface area contributed by atoms with Gasteiger partial charge in [-0.25, -0.2) is 0 Å². The monoisotopic (exact) mass is 239 g/mol. The van der Waals surface area contributed by atoms with Crippen molar-refractivity contribution < 1.29 is 9.21 Å². The fourth-order valence-corrected chi connectivity index (χ4v) is 1.43. The van der Waals surface area contributed by atoms with Crippen LogP contribution in [0, 0.1) is 0 Å². The lowest BCUT2D eigenvalue weighted by molar-refractivity contribution is 0.0907. The van der Waals surface area contributed by atoms with Crippen molar-refractivity contribution in [3.05, 3.63) is 23.7 Å². The maximum Gasteiger partial charge on any atom is 0.287 e. The van der Waals surface area contributed by atoms with Gasteiger partial charge in [-0.1, -0.05) is 0 Å². The second-order valence-electron chi connectivity index (χ2n) is 4.44. The topological polar surface area (TPSA) is 71.5 Å². The Morgan fingerprint density at radius 3 is 2.76 bits per heavy atom. The van der Waals surface area contributed by atoms with Gasteiger partial charge >= 0.3 is 0 Å². The summed E-state index contributed by atoms with van der Waals surface area (Å²) in [5.74, 6) is 0.759. The highest BCUT2D eigenvalue weighted by atomic mass is 16.4. The molecule has 0 saturated heterocycles. The maximum absolute atomic E-state index is 11.8. The molecule has 5 heteroatoms. The Balaban J connectivity index is 2.43. The molecule has 0 radical (unpaired) electrons. The van der Waals surface area contributed by atoms with Gasteiger partial charge in [0, 0.05) is 6.04 Å². The Morgan fingerprint density at radius 2 is 2.24 bits per heavy atom. The van der Waals surface area contributed by atoms with E-state index in [-0.39, 0.29) is 11.9 Å². The zero-order valence-electron chi connectivity index (χ0n) is 10.7. The summed E-state index contributed by atoms with van der Waals surface area (Å²) in [7, 11) is 4.02. The van der Waals surface area contributed by atoms with Crippen molar-refractivity contribution in [2.45, 2.75) is 25.9 Å². The molecule has 0 saturated carbocycles. The van der Waals surface area contributed by atoms with Gasteiger partial charge in [0.15, 0.2) is 5.76 Å². The van der Waals surface area contributed by atoms with Gasteiger partial charge in [0.05, 0.1) is 6.54 Å². The van der Waals surface area contributed by atoms with E-state index in [4.69, 9.17) is 10.2 Å². The average molecular weight is 239 g/mol. The van der Waals surface area contributed by atoms with Gasteiger partial charge in [0.25, 0.3) is 5.91 Å². The van der Waals surface area contributed by atoms with Crippen LogP contribution in [0.2, 0.25) is 0 Å². The normalized spacial score (nSPS) is 12.8. The number of carbonyl (C=O) groups is 1. The minimum atomic E-state index is -0.184. The molecular formula is C12H21N3O2. The standard InChI is InChI=1S/C12H21N3O2/c1-9(6-7-15(2)3)14-12(16)11-5-4-10(8-13)17-11/h4-5,9H,6-8,13H2,1-3H3,(H,14,16). The summed E-state index contributed by atoms with van der Waals surface area (Å²) in [6.07, 6.45) is 0.906. The highest BCUT2D eigenvalue weighted by molar-refractivity contribution is 5.91. The highest BCUT2D eigenvalue weighted by Crippen LogP contribution is 2.07. The van der Waals surface area contributed by atoms with Crippen LogP contribution in [0.15, 0.2) is 16.5 Å². The number of nitrogens with one attached hydrogen (secondary N) is 1. The van der Waals surface area contributed by atoms with E-state index in [9.17, 15) is 4.79 Å². The van der Waals surface area contributed by atoms with Crippen molar-refractivity contribution >= 4 is 5.91 Å². The number of amides is 1. The Morgan fingerprint density at radius 1 is 1.53 bits per heavy atom. The number of carbonyl (C=O) groups excluding carboxylic acids is 1. The SMILES string of the molecule is CC(CCN(C)C)NC(=O)c1ccc(CN)o1. The van der Waals surface area contributed by atoms with E-state index in [1.807, 2.05) is 21.0 Å². The molecule has 5 nitrogen and oxygen atoms in total. The molecule has 0 spiro atoms. The Hall–Kier alpha value is -1.33. The third-order valence-electron chi connectivity index (χ3n) is 2.47. The fourth-order valence-electron chi connectivity index (χ4n) is 1.43. The smallest absolute Gasteiger partial charge is 0.287 e. The molecule has 0 aliphatic carbocycles. The van der Waals surface area contributed by atoms with Crippen molar-refractivity contribution in [2.24, 2.45) is 5.73 Å². The van der Waals surface area contributed by atoms with E-state index in [0.717, 1.165) is 13.0 Å². The lowest BCUT2D eigenvalue weighted by Crippen LogP contribution is -2.34. The predicted molar refractivity (Wildman–Crippen MR) is 66.7 cm³/mol. The van der Waals surface area contributed by atoms with E-state index >= 15 is 0 Å². The molecule has 0 aliphatic heterocycles. The number of rotatable bonds is 6. The van der Waals surface area contributed by atoms with Crippen molar-refractivity contribution in [2.75, 3.05) is 20.6 Å². The van der Waals surface area contributed by atoms with Crippen LogP contribution in [0.4, 0.5) is 0 Å². The predicted octanol–water partition coefficient (Wildman–Crippen LogP) is 0.808. The lowest BCUT2D eigenvalue weighted by atomic mass is 10.2. The summed E-state index contributed by atoms with van der Waals surface area (Å²) in [6, 6.07) is 3.49. The van der Waals surface area contributed by atoms with Gasteiger partial charge in [0.2, 0.25) is 0 Å². The second-order valence-corrected chi connectivity index (χ2v) is 4.44. The van der Waals surface area contributed by atoms with E-state index in [1.54, 1.807) is 12.1 Å². The molecule has 1 rings (SSSR count). The van der Waals surface area contributed by atoms with Crippen LogP contribution in [0.5, 0.6) is 0 Å². The van der Waals surface area contributed by atoms with E-state index < -0.39 is 0 Å². The number of nitrogens with zero attached hydrogens (tertiary/aromatic N) is 1. The number of nitrogens with two attached hydrogens (primary N) is 1. The first-order valence-corrected chi connectivity index (χ1v) is 5.77. The maximum atomic E-state index is 11.8. The van der Waals surface area contributed by atoms with E-state index in [2.05, 4.69) is 10.2 Å². The largest absolute Gasteiger partial charge is 0.455 e.